The van der Waals surface area contributed by atoms with Crippen LogP contribution in [0, 0.1) is 0 Å². The van der Waals surface area contributed by atoms with Crippen LogP contribution in [0.1, 0.15) is 5.56 Å². The number of ether oxygens (including phenoxy) is 2. The maximum Gasteiger partial charge on any atom is 0.282 e. The quantitative estimate of drug-likeness (QED) is 0.870. The Balaban J connectivity index is 2.00. The number of benzene rings is 1. The molecule has 0 aromatic heterocycles. The first-order valence-electron chi connectivity index (χ1n) is 5.79. The Morgan fingerprint density at radius 2 is 2.05 bits per heavy atom. The van der Waals surface area contributed by atoms with Crippen LogP contribution in [0.2, 0.25) is 5.02 Å². The number of alkyl halides is 2. The second kappa shape index (κ2) is 5.90. The fourth-order valence-electron chi connectivity index (χ4n) is 1.71. The van der Waals surface area contributed by atoms with Gasteiger partial charge in [-0.3, -0.25) is 0 Å². The standard InChI is InChI=1S/C12H14ClF2NO3/c13-9-3-8(5-16-6-12(14,15)7-17)4-10-11(9)19-2-1-18-10/h3-4,16-17H,1-2,5-7H2. The summed E-state index contributed by atoms with van der Waals surface area (Å²) in [5, 5.41) is 11.4. The summed E-state index contributed by atoms with van der Waals surface area (Å²) < 4.78 is 36.4. The summed E-state index contributed by atoms with van der Waals surface area (Å²) in [7, 11) is 0. The first kappa shape index (κ1) is 14.3. The van der Waals surface area contributed by atoms with E-state index >= 15 is 0 Å². The van der Waals surface area contributed by atoms with Crippen LogP contribution >= 0.6 is 11.6 Å². The lowest BCUT2D eigenvalue weighted by molar-refractivity contribution is -0.0477. The molecule has 0 bridgehead atoms. The number of aliphatic hydroxyl groups is 1. The molecule has 106 valence electrons. The lowest BCUT2D eigenvalue weighted by atomic mass is 10.2. The minimum Gasteiger partial charge on any atom is -0.486 e. The van der Waals surface area contributed by atoms with E-state index in [9.17, 15) is 8.78 Å². The van der Waals surface area contributed by atoms with E-state index in [0.717, 1.165) is 0 Å². The van der Waals surface area contributed by atoms with Crippen molar-refractivity contribution in [3.8, 4) is 11.5 Å². The summed E-state index contributed by atoms with van der Waals surface area (Å²) in [5.74, 6) is -2.13. The van der Waals surface area contributed by atoms with Crippen LogP contribution in [0.3, 0.4) is 0 Å². The van der Waals surface area contributed by atoms with E-state index in [2.05, 4.69) is 5.32 Å². The van der Waals surface area contributed by atoms with Crippen LogP contribution in [0.4, 0.5) is 8.78 Å². The molecule has 0 saturated heterocycles. The zero-order valence-corrected chi connectivity index (χ0v) is 10.8. The summed E-state index contributed by atoms with van der Waals surface area (Å²) in [5.41, 5.74) is 0.711. The molecule has 0 amide bonds. The van der Waals surface area contributed by atoms with Gasteiger partial charge in [0.1, 0.15) is 19.8 Å². The van der Waals surface area contributed by atoms with Crippen molar-refractivity contribution in [2.24, 2.45) is 0 Å². The third-order valence-corrected chi connectivity index (χ3v) is 2.88. The van der Waals surface area contributed by atoms with Gasteiger partial charge in [0.05, 0.1) is 11.6 Å². The van der Waals surface area contributed by atoms with Crippen molar-refractivity contribution in [1.29, 1.82) is 0 Å². The molecular formula is C12H14ClF2NO3. The molecule has 0 spiro atoms. The number of aliphatic hydroxyl groups excluding tert-OH is 1. The molecule has 4 nitrogen and oxygen atoms in total. The van der Waals surface area contributed by atoms with E-state index in [4.69, 9.17) is 26.2 Å². The van der Waals surface area contributed by atoms with Gasteiger partial charge in [0, 0.05) is 6.54 Å². The molecule has 1 aromatic carbocycles. The normalized spacial score (nSPS) is 14.5. The van der Waals surface area contributed by atoms with Gasteiger partial charge in [0.15, 0.2) is 11.5 Å². The Bertz CT molecular complexity index is 457. The molecule has 19 heavy (non-hydrogen) atoms. The summed E-state index contributed by atoms with van der Waals surface area (Å²) in [6.07, 6.45) is 0. The highest BCUT2D eigenvalue weighted by molar-refractivity contribution is 6.32. The molecule has 1 aromatic rings. The van der Waals surface area contributed by atoms with Gasteiger partial charge in [-0.2, -0.15) is 0 Å². The molecule has 0 unspecified atom stereocenters. The van der Waals surface area contributed by atoms with Crippen molar-refractivity contribution in [3.05, 3.63) is 22.7 Å². The predicted molar refractivity (Wildman–Crippen MR) is 66.2 cm³/mol. The molecule has 0 atom stereocenters. The minimum atomic E-state index is -3.13. The molecule has 1 aliphatic rings. The van der Waals surface area contributed by atoms with E-state index in [1.54, 1.807) is 12.1 Å². The molecule has 0 aliphatic carbocycles. The van der Waals surface area contributed by atoms with Crippen LogP contribution in [-0.4, -0.2) is 37.4 Å². The summed E-state index contributed by atoms with van der Waals surface area (Å²) >= 11 is 6.02. The number of hydrogen-bond acceptors (Lipinski definition) is 4. The average Bonchev–Trinajstić information content (AvgIpc) is 2.39. The van der Waals surface area contributed by atoms with Crippen LogP contribution in [0.25, 0.3) is 0 Å². The van der Waals surface area contributed by atoms with Crippen molar-refractivity contribution < 1.29 is 23.4 Å². The smallest absolute Gasteiger partial charge is 0.282 e. The van der Waals surface area contributed by atoms with Crippen molar-refractivity contribution in [2.45, 2.75) is 12.5 Å². The van der Waals surface area contributed by atoms with Gasteiger partial charge in [-0.15, -0.1) is 0 Å². The molecule has 1 heterocycles. The monoisotopic (exact) mass is 293 g/mol. The highest BCUT2D eigenvalue weighted by atomic mass is 35.5. The van der Waals surface area contributed by atoms with E-state index in [1.807, 2.05) is 0 Å². The van der Waals surface area contributed by atoms with E-state index in [1.165, 1.54) is 0 Å². The largest absolute Gasteiger partial charge is 0.486 e. The third kappa shape index (κ3) is 3.68. The lowest BCUT2D eigenvalue weighted by Gasteiger charge is -2.20. The van der Waals surface area contributed by atoms with E-state index in [-0.39, 0.29) is 6.54 Å². The molecule has 0 radical (unpaired) electrons. The number of rotatable bonds is 5. The Kier molecular flexibility index (Phi) is 4.44. The van der Waals surface area contributed by atoms with Gasteiger partial charge in [-0.25, -0.2) is 8.78 Å². The van der Waals surface area contributed by atoms with Gasteiger partial charge in [0.25, 0.3) is 5.92 Å². The number of nitrogens with one attached hydrogen (secondary N) is 1. The van der Waals surface area contributed by atoms with Crippen molar-refractivity contribution in [1.82, 2.24) is 5.32 Å². The van der Waals surface area contributed by atoms with Gasteiger partial charge < -0.3 is 19.9 Å². The van der Waals surface area contributed by atoms with Crippen LogP contribution < -0.4 is 14.8 Å². The second-order valence-corrected chi connectivity index (χ2v) is 4.63. The zero-order valence-electron chi connectivity index (χ0n) is 10.1. The minimum absolute atomic E-state index is 0.200. The summed E-state index contributed by atoms with van der Waals surface area (Å²) in [4.78, 5) is 0. The van der Waals surface area contributed by atoms with Crippen LogP contribution in [0.5, 0.6) is 11.5 Å². The van der Waals surface area contributed by atoms with Gasteiger partial charge in [-0.1, -0.05) is 11.6 Å². The molecule has 0 saturated carbocycles. The highest BCUT2D eigenvalue weighted by Gasteiger charge is 2.26. The molecule has 0 fully saturated rings. The lowest BCUT2D eigenvalue weighted by Crippen LogP contribution is -2.35. The zero-order chi connectivity index (χ0) is 13.9. The summed E-state index contributed by atoms with van der Waals surface area (Å²) in [6.45, 7) is -0.709. The Morgan fingerprint density at radius 3 is 2.79 bits per heavy atom. The van der Waals surface area contributed by atoms with E-state index < -0.39 is 19.1 Å². The maximum absolute atomic E-state index is 12.8. The molecule has 7 heteroatoms. The number of fused-ring (bicyclic) bond motifs is 1. The first-order valence-corrected chi connectivity index (χ1v) is 6.17. The van der Waals surface area contributed by atoms with E-state index in [0.29, 0.717) is 35.3 Å². The highest BCUT2D eigenvalue weighted by Crippen LogP contribution is 2.38. The van der Waals surface area contributed by atoms with Crippen molar-refractivity contribution in [3.63, 3.8) is 0 Å². The Hall–Kier alpha value is -1.11. The molecule has 2 N–H and O–H groups in total. The third-order valence-electron chi connectivity index (χ3n) is 2.60. The first-order chi connectivity index (χ1) is 9.02. The Morgan fingerprint density at radius 1 is 1.32 bits per heavy atom. The van der Waals surface area contributed by atoms with Gasteiger partial charge in [-0.05, 0) is 17.7 Å². The maximum atomic E-state index is 12.8. The number of halogens is 3. The number of hydrogen-bond donors (Lipinski definition) is 2. The Labute approximate surface area is 114 Å². The predicted octanol–water partition coefficient (Wildman–Crippen LogP) is 1.83. The van der Waals surface area contributed by atoms with Crippen LogP contribution in [-0.2, 0) is 6.54 Å². The SMILES string of the molecule is OCC(F)(F)CNCc1cc(Cl)c2c(c1)OCCO2. The van der Waals surface area contributed by atoms with Crippen molar-refractivity contribution >= 4 is 11.6 Å². The molecule has 2 rings (SSSR count). The molecule has 1 aliphatic heterocycles. The summed E-state index contributed by atoms with van der Waals surface area (Å²) in [6, 6.07) is 3.34. The second-order valence-electron chi connectivity index (χ2n) is 4.22. The fraction of sp³-hybridized carbons (Fsp3) is 0.500. The molecular weight excluding hydrogens is 280 g/mol. The van der Waals surface area contributed by atoms with Gasteiger partial charge in [0.2, 0.25) is 0 Å². The van der Waals surface area contributed by atoms with Crippen molar-refractivity contribution in [2.75, 3.05) is 26.4 Å². The topological polar surface area (TPSA) is 50.7 Å². The van der Waals surface area contributed by atoms with Crippen LogP contribution in [0.15, 0.2) is 12.1 Å². The van der Waals surface area contributed by atoms with Gasteiger partial charge >= 0.3 is 0 Å². The fourth-order valence-corrected chi connectivity index (χ4v) is 2.00. The average molecular weight is 294 g/mol.